The van der Waals surface area contributed by atoms with E-state index in [-0.39, 0.29) is 23.7 Å². The molecular weight excluding hydrogens is 665 g/mol. The zero-order chi connectivity index (χ0) is 37.8. The number of ether oxygens (including phenoxy) is 2. The fourth-order valence-electron chi connectivity index (χ4n) is 9.70. The van der Waals surface area contributed by atoms with Gasteiger partial charge in [0.25, 0.3) is 0 Å². The second kappa shape index (κ2) is 16.5. The summed E-state index contributed by atoms with van der Waals surface area (Å²) < 4.78 is 58.3. The molecule has 5 nitrogen and oxygen atoms in total. The molecule has 0 bridgehead atoms. The molecule has 0 amide bonds. The Hall–Kier alpha value is -3.16. The van der Waals surface area contributed by atoms with Crippen LogP contribution >= 0.6 is 0 Å². The van der Waals surface area contributed by atoms with E-state index in [2.05, 4.69) is 27.7 Å². The third-order valence-corrected chi connectivity index (χ3v) is 13.0. The molecule has 2 aromatic rings. The van der Waals surface area contributed by atoms with E-state index in [0.29, 0.717) is 51.4 Å². The van der Waals surface area contributed by atoms with Crippen LogP contribution in [0.2, 0.25) is 0 Å². The van der Waals surface area contributed by atoms with Crippen LogP contribution in [0.5, 0.6) is 0 Å². The number of ketones is 1. The van der Waals surface area contributed by atoms with Crippen LogP contribution in [0, 0.1) is 41.4 Å². The van der Waals surface area contributed by atoms with Gasteiger partial charge in [-0.3, -0.25) is 14.4 Å². The largest absolute Gasteiger partial charge is 0.461 e. The highest BCUT2D eigenvalue weighted by molar-refractivity contribution is 6.01. The summed E-state index contributed by atoms with van der Waals surface area (Å²) >= 11 is 0. The average Bonchev–Trinajstić information content (AvgIpc) is 3.10. The molecule has 0 radical (unpaired) electrons. The number of hydrogen-bond acceptors (Lipinski definition) is 5. The van der Waals surface area contributed by atoms with E-state index in [9.17, 15) is 14.4 Å². The third kappa shape index (κ3) is 8.95. The Morgan fingerprint density at radius 2 is 1.02 bits per heavy atom. The number of halogens is 3. The van der Waals surface area contributed by atoms with Crippen LogP contribution < -0.4 is 0 Å². The minimum absolute atomic E-state index is 0.165. The van der Waals surface area contributed by atoms with Crippen LogP contribution in [0.25, 0.3) is 0 Å². The first-order chi connectivity index (χ1) is 24.5. The normalized spacial score (nSPS) is 27.1. The van der Waals surface area contributed by atoms with Gasteiger partial charge in [-0.15, -0.1) is 0 Å². The van der Waals surface area contributed by atoms with E-state index >= 15 is 13.2 Å². The smallest absolute Gasteiger partial charge is 0.400 e. The Bertz CT molecular complexity index is 1410. The van der Waals surface area contributed by atoms with Crippen LogP contribution in [0.3, 0.4) is 0 Å². The Kier molecular flexibility index (Phi) is 12.7. The first kappa shape index (κ1) is 40.0. The van der Waals surface area contributed by atoms with Gasteiger partial charge in [0.15, 0.2) is 5.92 Å². The molecule has 0 spiro atoms. The Morgan fingerprint density at radius 1 is 0.615 bits per heavy atom. The van der Waals surface area contributed by atoms with Crippen molar-refractivity contribution in [2.24, 2.45) is 41.4 Å². The number of carbonyl (C=O) groups excluding carboxylic acids is 3. The fraction of sp³-hybridized carbons (Fsp3) is 0.659. The number of esters is 2. The number of Topliss-reactive ketones (excluding diaryl/α,β-unsaturated/α-hetero) is 1. The molecule has 3 saturated carbocycles. The number of hydrogen-bond donors (Lipinski definition) is 0. The predicted octanol–water partition coefficient (Wildman–Crippen LogP) is 10.6. The van der Waals surface area contributed by atoms with Crippen LogP contribution in [0.1, 0.15) is 123 Å². The molecule has 2 aromatic carbocycles. The molecule has 52 heavy (non-hydrogen) atoms. The van der Waals surface area contributed by atoms with Gasteiger partial charge in [-0.2, -0.15) is 13.2 Å². The first-order valence-corrected chi connectivity index (χ1v) is 19.6. The van der Waals surface area contributed by atoms with Crippen molar-refractivity contribution in [3.05, 3.63) is 71.8 Å². The van der Waals surface area contributed by atoms with Crippen molar-refractivity contribution in [2.45, 2.75) is 141 Å². The van der Waals surface area contributed by atoms with Gasteiger partial charge in [0.05, 0.1) is 0 Å². The average molecular weight is 725 g/mol. The fourth-order valence-corrected chi connectivity index (χ4v) is 9.70. The van der Waals surface area contributed by atoms with Crippen LogP contribution in [-0.2, 0) is 34.7 Å². The molecule has 286 valence electrons. The molecule has 0 aromatic heterocycles. The van der Waals surface area contributed by atoms with E-state index in [0.717, 1.165) is 30.4 Å². The van der Waals surface area contributed by atoms with E-state index in [1.807, 2.05) is 74.5 Å². The van der Waals surface area contributed by atoms with Crippen LogP contribution in [-0.4, -0.2) is 36.1 Å². The number of carbonyl (C=O) groups is 3. The Morgan fingerprint density at radius 3 is 1.40 bits per heavy atom. The third-order valence-electron chi connectivity index (χ3n) is 13.0. The summed E-state index contributed by atoms with van der Waals surface area (Å²) in [7, 11) is 0. The molecule has 5 rings (SSSR count). The number of alkyl halides is 3. The molecule has 0 N–H and O–H groups in total. The zero-order valence-corrected chi connectivity index (χ0v) is 31.9. The SMILES string of the molecule is C[C@@H]1CC[C@@H](C(C)(C)c2ccccc2)[C@H](OC(=O)C(C(=O)O[C@@H]2C[C@H](C)CC[C@H]2C(C)(C)c2ccccc2)[C@H](C(=O)C2CCCCC2)C(F)(F)F)C1. The van der Waals surface area contributed by atoms with Crippen molar-refractivity contribution < 1.29 is 37.0 Å². The minimum Gasteiger partial charge on any atom is -0.461 e. The molecule has 0 saturated heterocycles. The van der Waals surface area contributed by atoms with Crippen LogP contribution in [0.15, 0.2) is 60.7 Å². The van der Waals surface area contributed by atoms with Crippen molar-refractivity contribution in [1.82, 2.24) is 0 Å². The Balaban J connectivity index is 1.51. The monoisotopic (exact) mass is 724 g/mol. The van der Waals surface area contributed by atoms with Gasteiger partial charge in [0, 0.05) is 17.8 Å². The van der Waals surface area contributed by atoms with Gasteiger partial charge in [-0.05, 0) is 72.3 Å². The first-order valence-electron chi connectivity index (χ1n) is 19.6. The number of rotatable bonds is 11. The van der Waals surface area contributed by atoms with Crippen molar-refractivity contribution in [3.63, 3.8) is 0 Å². The summed E-state index contributed by atoms with van der Waals surface area (Å²) in [6, 6.07) is 19.7. The van der Waals surface area contributed by atoms with Crippen molar-refractivity contribution in [1.29, 1.82) is 0 Å². The highest BCUT2D eigenvalue weighted by Gasteiger charge is 2.59. The van der Waals surface area contributed by atoms with E-state index in [4.69, 9.17) is 9.47 Å². The summed E-state index contributed by atoms with van der Waals surface area (Å²) in [5.41, 5.74) is 1.12. The van der Waals surface area contributed by atoms with Gasteiger partial charge < -0.3 is 9.47 Å². The minimum atomic E-state index is -5.15. The molecule has 8 heteroatoms. The lowest BCUT2D eigenvalue weighted by atomic mass is 9.64. The van der Waals surface area contributed by atoms with Crippen molar-refractivity contribution in [2.75, 3.05) is 0 Å². The maximum Gasteiger partial charge on any atom is 0.400 e. The van der Waals surface area contributed by atoms with Crippen molar-refractivity contribution in [3.8, 4) is 0 Å². The lowest BCUT2D eigenvalue weighted by Gasteiger charge is -2.45. The van der Waals surface area contributed by atoms with Crippen LogP contribution in [0.4, 0.5) is 13.2 Å². The lowest BCUT2D eigenvalue weighted by Crippen LogP contribution is -2.52. The van der Waals surface area contributed by atoms with Gasteiger partial charge in [-0.1, -0.05) is 134 Å². The van der Waals surface area contributed by atoms with Gasteiger partial charge >= 0.3 is 18.1 Å². The second-order valence-electron chi connectivity index (χ2n) is 17.4. The summed E-state index contributed by atoms with van der Waals surface area (Å²) in [4.78, 5) is 42.9. The van der Waals surface area contributed by atoms with Gasteiger partial charge in [-0.25, -0.2) is 0 Å². The maximum absolute atomic E-state index is 15.3. The van der Waals surface area contributed by atoms with E-state index in [1.165, 1.54) is 0 Å². The highest BCUT2D eigenvalue weighted by Crippen LogP contribution is 2.47. The molecule has 0 aliphatic heterocycles. The molecule has 7 atom stereocenters. The van der Waals surface area contributed by atoms with Crippen molar-refractivity contribution >= 4 is 17.7 Å². The van der Waals surface area contributed by atoms with Gasteiger partial charge in [0.1, 0.15) is 23.9 Å². The molecular formula is C44H59F3O5. The molecule has 0 unspecified atom stereocenters. The quantitative estimate of drug-likeness (QED) is 0.170. The summed E-state index contributed by atoms with van der Waals surface area (Å²) in [6.45, 7) is 12.4. The van der Waals surface area contributed by atoms with E-state index in [1.54, 1.807) is 0 Å². The Labute approximate surface area is 308 Å². The van der Waals surface area contributed by atoms with Gasteiger partial charge in [0.2, 0.25) is 0 Å². The number of benzene rings is 2. The standard InChI is InChI=1S/C44H59F3O5/c1-28-22-24-33(42(3,4)31-18-12-8-13-19-31)35(26-28)51-40(49)37(38(44(45,46)47)39(48)30-16-10-7-11-17-30)41(50)52-36-27-29(2)23-25-34(36)43(5,6)32-20-14-9-15-21-32/h8-9,12-15,18-21,28-30,33-38H,7,10-11,16-17,22-27H2,1-6H3/t28-,29-,33-,34-,35-,36-,38-/m1/s1. The maximum atomic E-state index is 15.3. The lowest BCUT2D eigenvalue weighted by molar-refractivity contribution is -0.214. The zero-order valence-electron chi connectivity index (χ0n) is 31.9. The predicted molar refractivity (Wildman–Crippen MR) is 196 cm³/mol. The molecule has 3 aliphatic rings. The summed E-state index contributed by atoms with van der Waals surface area (Å²) in [5.74, 6) is -9.93. The molecule has 0 heterocycles. The second-order valence-corrected chi connectivity index (χ2v) is 17.4. The molecule has 3 fully saturated rings. The highest BCUT2D eigenvalue weighted by atomic mass is 19.4. The topological polar surface area (TPSA) is 69.7 Å². The summed E-state index contributed by atoms with van der Waals surface area (Å²) in [5, 5.41) is 0. The summed E-state index contributed by atoms with van der Waals surface area (Å²) in [6.07, 6.45) is 0.171. The van der Waals surface area contributed by atoms with E-state index < -0.39 is 64.7 Å². The molecule has 3 aliphatic carbocycles.